The summed E-state index contributed by atoms with van der Waals surface area (Å²) in [7, 11) is 1.27. The van der Waals surface area contributed by atoms with Gasteiger partial charge in [-0.2, -0.15) is 0 Å². The Hall–Kier alpha value is -3.35. The molecule has 12 heteroatoms. The van der Waals surface area contributed by atoms with Crippen molar-refractivity contribution in [3.05, 3.63) is 74.7 Å². The Labute approximate surface area is 219 Å². The lowest BCUT2D eigenvalue weighted by atomic mass is 10.1. The molecule has 1 heterocycles. The maximum atomic E-state index is 12.8. The van der Waals surface area contributed by atoms with E-state index in [0.29, 0.717) is 20.1 Å². The number of aromatic nitrogens is 2. The first kappa shape index (κ1) is 24.8. The number of hydrogen-bond donors (Lipinski definition) is 4. The molecule has 2 amide bonds. The second-order valence-corrected chi connectivity index (χ2v) is 9.90. The van der Waals surface area contributed by atoms with Crippen molar-refractivity contribution in [3.63, 3.8) is 0 Å². The molecule has 0 atom stereocenters. The minimum atomic E-state index is -1.21. The number of imidazole rings is 1. The van der Waals surface area contributed by atoms with Crippen LogP contribution >= 0.6 is 43.6 Å². The Kier molecular flexibility index (Phi) is 7.43. The molecule has 0 radical (unpaired) electrons. The predicted molar refractivity (Wildman–Crippen MR) is 139 cm³/mol. The van der Waals surface area contributed by atoms with Gasteiger partial charge in [0.25, 0.3) is 5.91 Å². The molecule has 0 bridgehead atoms. The topological polar surface area (TPSA) is 133 Å². The lowest BCUT2D eigenvalue weighted by Gasteiger charge is -2.11. The number of benzene rings is 3. The van der Waals surface area contributed by atoms with Crippen molar-refractivity contribution in [3.8, 4) is 0 Å². The molecule has 0 aliphatic rings. The van der Waals surface area contributed by atoms with Crippen LogP contribution in [0.5, 0.6) is 0 Å². The van der Waals surface area contributed by atoms with Crippen LogP contribution in [0.4, 0.5) is 16.4 Å². The number of carbonyl (C=O) groups is 3. The second-order valence-electron chi connectivity index (χ2n) is 7.05. The van der Waals surface area contributed by atoms with Crippen molar-refractivity contribution in [2.24, 2.45) is 0 Å². The van der Waals surface area contributed by atoms with E-state index >= 15 is 0 Å². The fourth-order valence-corrected chi connectivity index (χ4v) is 5.05. The monoisotopic (exact) mass is 618 g/mol. The maximum absolute atomic E-state index is 12.8. The summed E-state index contributed by atoms with van der Waals surface area (Å²) in [6, 6.07) is 16.0. The summed E-state index contributed by atoms with van der Waals surface area (Å²) in [5.41, 5.74) is 1.87. The first-order valence-electron chi connectivity index (χ1n) is 9.90. The highest BCUT2D eigenvalue weighted by Crippen LogP contribution is 2.32. The van der Waals surface area contributed by atoms with Gasteiger partial charge in [-0.3, -0.25) is 10.1 Å². The van der Waals surface area contributed by atoms with Gasteiger partial charge >= 0.3 is 12.1 Å². The molecular weight excluding hydrogens is 604 g/mol. The van der Waals surface area contributed by atoms with Gasteiger partial charge in [0.2, 0.25) is 5.95 Å². The summed E-state index contributed by atoms with van der Waals surface area (Å²) in [5.74, 6) is -1.47. The maximum Gasteiger partial charge on any atom is 0.413 e. The minimum Gasteiger partial charge on any atom is -0.478 e. The van der Waals surface area contributed by atoms with Crippen molar-refractivity contribution < 1.29 is 24.2 Å². The highest BCUT2D eigenvalue weighted by Gasteiger charge is 2.23. The van der Waals surface area contributed by atoms with Crippen molar-refractivity contribution in [1.29, 1.82) is 0 Å². The average molecular weight is 620 g/mol. The molecular formula is C23H16Br2N4O5S. The number of hydrogen-bond acceptors (Lipinski definition) is 6. The third-order valence-electron chi connectivity index (χ3n) is 4.75. The van der Waals surface area contributed by atoms with E-state index in [9.17, 15) is 19.5 Å². The Morgan fingerprint density at radius 3 is 2.26 bits per heavy atom. The molecule has 0 spiro atoms. The number of carboxylic acid groups (broad SMARTS) is 1. The van der Waals surface area contributed by atoms with Crippen LogP contribution in [0.15, 0.2) is 73.3 Å². The normalized spacial score (nSPS) is 10.7. The lowest BCUT2D eigenvalue weighted by molar-refractivity contribution is 0.0691. The third kappa shape index (κ3) is 5.66. The molecule has 178 valence electrons. The van der Waals surface area contributed by atoms with Gasteiger partial charge in [0.1, 0.15) is 0 Å². The molecule has 1 aromatic heterocycles. The first-order valence-corrected chi connectivity index (χ1v) is 12.3. The molecule has 0 saturated heterocycles. The van der Waals surface area contributed by atoms with E-state index in [1.165, 1.54) is 18.9 Å². The van der Waals surface area contributed by atoms with Gasteiger partial charge in [-0.05, 0) is 86.5 Å². The predicted octanol–water partition coefficient (Wildman–Crippen LogP) is 6.37. The fraction of sp³-hybridized carbons (Fsp3) is 0.0435. The van der Waals surface area contributed by atoms with Crippen molar-refractivity contribution in [2.75, 3.05) is 17.7 Å². The molecule has 0 fully saturated rings. The van der Waals surface area contributed by atoms with Crippen LogP contribution in [0, 0.1) is 0 Å². The smallest absolute Gasteiger partial charge is 0.413 e. The molecule has 4 aromatic rings. The molecule has 0 unspecified atom stereocenters. The first-order chi connectivity index (χ1) is 16.7. The van der Waals surface area contributed by atoms with Crippen LogP contribution in [-0.4, -0.2) is 40.2 Å². The van der Waals surface area contributed by atoms with Gasteiger partial charge in [-0.25, -0.2) is 14.6 Å². The quantitative estimate of drug-likeness (QED) is 0.197. The SMILES string of the molecule is COC(=O)Nc1nc2ccc(Sc3ccc(NC(=O)c4c(Br)ccc(Br)c4C(=O)O)cc3)cc2[nH]1. The van der Waals surface area contributed by atoms with E-state index < -0.39 is 18.0 Å². The molecule has 35 heavy (non-hydrogen) atoms. The molecule has 4 rings (SSSR count). The number of halogens is 2. The third-order valence-corrected chi connectivity index (χ3v) is 7.07. The number of rotatable bonds is 6. The van der Waals surface area contributed by atoms with Crippen LogP contribution < -0.4 is 10.6 Å². The highest BCUT2D eigenvalue weighted by atomic mass is 79.9. The number of anilines is 2. The number of nitrogens with one attached hydrogen (secondary N) is 3. The van der Waals surface area contributed by atoms with Gasteiger partial charge in [-0.15, -0.1) is 0 Å². The van der Waals surface area contributed by atoms with Crippen LogP contribution in [0.1, 0.15) is 20.7 Å². The summed E-state index contributed by atoms with van der Waals surface area (Å²) in [4.78, 5) is 45.0. The van der Waals surface area contributed by atoms with Gasteiger partial charge in [-0.1, -0.05) is 11.8 Å². The number of amides is 2. The zero-order valence-corrected chi connectivity index (χ0v) is 21.9. The second kappa shape index (κ2) is 10.5. The van der Waals surface area contributed by atoms with Crippen LogP contribution in [0.25, 0.3) is 11.0 Å². The summed E-state index contributed by atoms with van der Waals surface area (Å²) in [6.45, 7) is 0. The van der Waals surface area contributed by atoms with Crippen molar-refractivity contribution >= 4 is 84.3 Å². The zero-order valence-electron chi connectivity index (χ0n) is 17.9. The highest BCUT2D eigenvalue weighted by molar-refractivity contribution is 9.11. The van der Waals surface area contributed by atoms with E-state index in [-0.39, 0.29) is 17.1 Å². The molecule has 0 saturated carbocycles. The number of methoxy groups -OCH3 is 1. The largest absolute Gasteiger partial charge is 0.478 e. The lowest BCUT2D eigenvalue weighted by Crippen LogP contribution is -2.17. The van der Waals surface area contributed by atoms with Crippen LogP contribution in [-0.2, 0) is 4.74 Å². The summed E-state index contributed by atoms with van der Waals surface area (Å²) >= 11 is 7.96. The molecule has 4 N–H and O–H groups in total. The van der Waals surface area contributed by atoms with Crippen molar-refractivity contribution in [1.82, 2.24) is 9.97 Å². The number of fused-ring (bicyclic) bond motifs is 1. The Morgan fingerprint density at radius 1 is 0.943 bits per heavy atom. The van der Waals surface area contributed by atoms with Gasteiger partial charge < -0.3 is 20.1 Å². The summed E-state index contributed by atoms with van der Waals surface area (Å²) < 4.78 is 5.26. The number of H-pyrrole nitrogens is 1. The van der Waals surface area contributed by atoms with E-state index in [1.54, 1.807) is 24.3 Å². The Morgan fingerprint density at radius 2 is 1.60 bits per heavy atom. The average Bonchev–Trinajstić information content (AvgIpc) is 3.22. The molecule has 0 aliphatic heterocycles. The van der Waals surface area contributed by atoms with E-state index in [4.69, 9.17) is 0 Å². The summed E-state index contributed by atoms with van der Waals surface area (Å²) in [5, 5.41) is 14.7. The molecule has 0 aliphatic carbocycles. The Bertz CT molecular complexity index is 1460. The van der Waals surface area contributed by atoms with Gasteiger partial charge in [0.05, 0.1) is 29.3 Å². The van der Waals surface area contributed by atoms with E-state index in [2.05, 4.69) is 57.2 Å². The zero-order chi connectivity index (χ0) is 25.1. The van der Waals surface area contributed by atoms with E-state index in [1.807, 2.05) is 30.3 Å². The van der Waals surface area contributed by atoms with Crippen LogP contribution in [0.3, 0.4) is 0 Å². The van der Waals surface area contributed by atoms with Gasteiger partial charge in [0.15, 0.2) is 0 Å². The van der Waals surface area contributed by atoms with Gasteiger partial charge in [0, 0.05) is 24.4 Å². The summed E-state index contributed by atoms with van der Waals surface area (Å²) in [6.07, 6.45) is -0.614. The fourth-order valence-electron chi connectivity index (χ4n) is 3.18. The van der Waals surface area contributed by atoms with E-state index in [0.717, 1.165) is 15.3 Å². The number of carboxylic acids is 1. The number of aromatic amines is 1. The minimum absolute atomic E-state index is 0.0271. The molecule has 3 aromatic carbocycles. The van der Waals surface area contributed by atoms with Crippen LogP contribution in [0.2, 0.25) is 0 Å². The molecule has 9 nitrogen and oxygen atoms in total. The number of ether oxygens (including phenoxy) is 1. The Balaban J connectivity index is 1.48. The standard InChI is InChI=1S/C23H16Br2N4O5S/c1-34-23(33)29-22-27-16-9-6-13(10-17(16)28-22)35-12-4-2-11(3-5-12)26-20(30)18-14(24)7-8-15(25)19(18)21(31)32/h2-10H,1H3,(H,26,30)(H,31,32)(H2,27,28,29,33). The number of carbonyl (C=O) groups excluding carboxylic acids is 2. The number of nitrogens with zero attached hydrogens (tertiary/aromatic N) is 1. The van der Waals surface area contributed by atoms with Crippen molar-refractivity contribution in [2.45, 2.75) is 9.79 Å². The number of aromatic carboxylic acids is 1.